The summed E-state index contributed by atoms with van der Waals surface area (Å²) in [6.07, 6.45) is 5.52. The van der Waals surface area contributed by atoms with Gasteiger partial charge >= 0.3 is 0 Å². The van der Waals surface area contributed by atoms with Crippen molar-refractivity contribution in [1.82, 2.24) is 24.8 Å². The van der Waals surface area contributed by atoms with Crippen molar-refractivity contribution >= 4 is 33.5 Å². The van der Waals surface area contributed by atoms with Crippen molar-refractivity contribution in [1.29, 1.82) is 5.26 Å². The molecule has 5 heterocycles. The van der Waals surface area contributed by atoms with Crippen LogP contribution in [0.5, 0.6) is 0 Å². The number of oxazole rings is 1. The zero-order valence-corrected chi connectivity index (χ0v) is 28.8. The minimum Gasteiger partial charge on any atom is -0.435 e. The Labute approximate surface area is 292 Å². The van der Waals surface area contributed by atoms with Gasteiger partial charge in [-0.3, -0.25) is 14.8 Å². The van der Waals surface area contributed by atoms with Gasteiger partial charge in [-0.2, -0.15) is 5.26 Å². The highest BCUT2D eigenvalue weighted by molar-refractivity contribution is 5.91. The van der Waals surface area contributed by atoms with E-state index in [-0.39, 0.29) is 6.10 Å². The van der Waals surface area contributed by atoms with Gasteiger partial charge in [0.05, 0.1) is 11.7 Å². The zero-order chi connectivity index (χ0) is 34.4. The van der Waals surface area contributed by atoms with Crippen molar-refractivity contribution in [2.24, 2.45) is 5.92 Å². The number of aliphatic hydroxyl groups excluding tert-OH is 1. The summed E-state index contributed by atoms with van der Waals surface area (Å²) < 4.78 is 6.33. The highest BCUT2D eigenvalue weighted by Gasteiger charge is 2.23. The van der Waals surface area contributed by atoms with E-state index in [0.29, 0.717) is 40.8 Å². The lowest BCUT2D eigenvalue weighted by Gasteiger charge is -2.17. The molecule has 0 bridgehead atoms. The number of nitrogens with one attached hydrogen (secondary N) is 1. The number of nitrogens with zero attached hydrogens (tertiary/aromatic N) is 6. The molecule has 0 saturated carbocycles. The van der Waals surface area contributed by atoms with Gasteiger partial charge in [0, 0.05) is 61.8 Å². The van der Waals surface area contributed by atoms with Gasteiger partial charge in [0.25, 0.3) is 0 Å². The van der Waals surface area contributed by atoms with E-state index in [9.17, 15) is 10.4 Å². The third kappa shape index (κ3) is 6.22. The van der Waals surface area contributed by atoms with Gasteiger partial charge in [0.2, 0.25) is 5.89 Å². The molecule has 0 spiro atoms. The van der Waals surface area contributed by atoms with Crippen LogP contribution < -0.4 is 5.32 Å². The third-order valence-corrected chi connectivity index (χ3v) is 10.3. The zero-order valence-electron chi connectivity index (χ0n) is 28.8. The molecule has 0 aliphatic carbocycles. The van der Waals surface area contributed by atoms with Crippen LogP contribution in [0.1, 0.15) is 47.6 Å². The molecule has 2 aliphatic heterocycles. The molecule has 3 aromatic carbocycles. The molecule has 1 unspecified atom stereocenters. The summed E-state index contributed by atoms with van der Waals surface area (Å²) in [6.45, 7) is 11.8. The molecule has 2 fully saturated rings. The second kappa shape index (κ2) is 13.3. The Balaban J connectivity index is 1.08. The number of aliphatic hydroxyl groups is 1. The normalized spacial score (nSPS) is 18.3. The maximum atomic E-state index is 10.0. The number of hydrogen-bond acceptors (Lipinski definition) is 9. The minimum atomic E-state index is -0.240. The molecule has 3 aromatic heterocycles. The predicted octanol–water partition coefficient (Wildman–Crippen LogP) is 7.75. The molecule has 2 N–H and O–H groups in total. The Morgan fingerprint density at radius 1 is 0.900 bits per heavy atom. The van der Waals surface area contributed by atoms with Crippen LogP contribution in [0.15, 0.2) is 77.5 Å². The number of fused-ring (bicyclic) bond motifs is 2. The molecule has 8 rings (SSSR count). The van der Waals surface area contributed by atoms with E-state index in [4.69, 9.17) is 14.4 Å². The standard InChI is InChI=1S/C41H41N7O2/c1-25-11-14-47(21-25)22-28-16-31(19-42)39-37(18-28)46-41(50-39)35-8-4-6-33(26(35)2)34-7-5-9-36(27(34)3)45-40-38-30(10-13-43-40)17-29(20-44-38)23-48-15-12-32(49)24-48/h4-10,13,16-18,20,25,32,49H,11-12,14-15,21-24H2,1-3H3,(H,43,45)/t25-,32?/m1/s1. The fourth-order valence-corrected chi connectivity index (χ4v) is 7.66. The van der Waals surface area contributed by atoms with Crippen molar-refractivity contribution in [2.45, 2.75) is 52.8 Å². The Hall–Kier alpha value is -5.14. The number of hydrogen-bond donors (Lipinski definition) is 2. The van der Waals surface area contributed by atoms with E-state index in [1.807, 2.05) is 36.7 Å². The van der Waals surface area contributed by atoms with Crippen LogP contribution in [0.2, 0.25) is 0 Å². The van der Waals surface area contributed by atoms with Gasteiger partial charge in [0.15, 0.2) is 11.4 Å². The maximum absolute atomic E-state index is 10.0. The smallest absolute Gasteiger partial charge is 0.227 e. The molecule has 2 aliphatic rings. The lowest BCUT2D eigenvalue weighted by molar-refractivity contribution is 0.175. The quantitative estimate of drug-likeness (QED) is 0.169. The van der Waals surface area contributed by atoms with Crippen molar-refractivity contribution < 1.29 is 9.52 Å². The molecular formula is C41H41N7O2. The third-order valence-electron chi connectivity index (χ3n) is 10.3. The van der Waals surface area contributed by atoms with Crippen LogP contribution in [0.4, 0.5) is 11.5 Å². The number of β-amino-alcohol motifs (C(OH)–C–C–N with tert-alkyl or cyclic N) is 1. The number of rotatable bonds is 8. The predicted molar refractivity (Wildman–Crippen MR) is 197 cm³/mol. The Bertz CT molecular complexity index is 2270. The Morgan fingerprint density at radius 2 is 1.66 bits per heavy atom. The van der Waals surface area contributed by atoms with Gasteiger partial charge < -0.3 is 14.8 Å². The monoisotopic (exact) mass is 663 g/mol. The van der Waals surface area contributed by atoms with Crippen LogP contribution in [-0.4, -0.2) is 62.1 Å². The van der Waals surface area contributed by atoms with E-state index < -0.39 is 0 Å². The molecular weight excluding hydrogens is 622 g/mol. The lowest BCUT2D eigenvalue weighted by atomic mass is 9.93. The van der Waals surface area contributed by atoms with Crippen LogP contribution >= 0.6 is 0 Å². The summed E-state index contributed by atoms with van der Waals surface area (Å²) in [5.41, 5.74) is 10.9. The van der Waals surface area contributed by atoms with Crippen molar-refractivity contribution in [3.8, 4) is 28.7 Å². The molecule has 50 heavy (non-hydrogen) atoms. The number of likely N-dealkylation sites (tertiary alicyclic amines) is 2. The van der Waals surface area contributed by atoms with Crippen molar-refractivity contribution in [3.05, 3.63) is 101 Å². The van der Waals surface area contributed by atoms with E-state index in [1.165, 1.54) is 6.42 Å². The molecule has 6 aromatic rings. The number of anilines is 2. The van der Waals surface area contributed by atoms with Gasteiger partial charge in [-0.25, -0.2) is 9.97 Å². The molecule has 9 nitrogen and oxygen atoms in total. The average molecular weight is 664 g/mol. The summed E-state index contributed by atoms with van der Waals surface area (Å²) in [4.78, 5) is 19.1. The first-order valence-electron chi connectivity index (χ1n) is 17.5. The second-order valence-electron chi connectivity index (χ2n) is 14.1. The topological polar surface area (TPSA) is 114 Å². The number of nitriles is 1. The van der Waals surface area contributed by atoms with Gasteiger partial charge in [0.1, 0.15) is 17.1 Å². The van der Waals surface area contributed by atoms with Crippen LogP contribution in [0.25, 0.3) is 44.6 Å². The number of aromatic nitrogens is 3. The lowest BCUT2D eigenvalue weighted by Crippen LogP contribution is -2.21. The van der Waals surface area contributed by atoms with Gasteiger partial charge in [-0.05, 0) is 109 Å². The van der Waals surface area contributed by atoms with Gasteiger partial charge in [-0.15, -0.1) is 0 Å². The Kier molecular flexibility index (Phi) is 8.53. The first kappa shape index (κ1) is 32.1. The summed E-state index contributed by atoms with van der Waals surface area (Å²) in [7, 11) is 0. The van der Waals surface area contributed by atoms with Crippen molar-refractivity contribution in [3.63, 3.8) is 0 Å². The average Bonchev–Trinajstić information content (AvgIpc) is 3.85. The largest absolute Gasteiger partial charge is 0.435 e. The van der Waals surface area contributed by atoms with E-state index in [1.54, 1.807) is 0 Å². The first-order valence-corrected chi connectivity index (χ1v) is 17.5. The van der Waals surface area contributed by atoms with Crippen LogP contribution in [0, 0.1) is 31.1 Å². The van der Waals surface area contributed by atoms with E-state index in [0.717, 1.165) is 94.7 Å². The molecule has 0 amide bonds. The maximum Gasteiger partial charge on any atom is 0.227 e. The van der Waals surface area contributed by atoms with Crippen LogP contribution in [-0.2, 0) is 13.1 Å². The van der Waals surface area contributed by atoms with Gasteiger partial charge in [-0.1, -0.05) is 31.2 Å². The molecule has 2 saturated heterocycles. The number of benzene rings is 3. The number of pyridine rings is 2. The molecule has 2 atom stereocenters. The van der Waals surface area contributed by atoms with Crippen LogP contribution in [0.3, 0.4) is 0 Å². The minimum absolute atomic E-state index is 0.240. The summed E-state index contributed by atoms with van der Waals surface area (Å²) in [5, 5.41) is 24.5. The summed E-state index contributed by atoms with van der Waals surface area (Å²) >= 11 is 0. The molecule has 0 radical (unpaired) electrons. The SMILES string of the molecule is Cc1c(Nc2nccc3cc(CN4CCC(O)C4)cnc23)cccc1-c1cccc(-c2nc3cc(CN4CC[C@@H](C)C4)cc(C#N)c3o2)c1C. The highest BCUT2D eigenvalue weighted by atomic mass is 16.3. The Morgan fingerprint density at radius 3 is 2.44 bits per heavy atom. The fourth-order valence-electron chi connectivity index (χ4n) is 7.66. The highest BCUT2D eigenvalue weighted by Crippen LogP contribution is 2.38. The van der Waals surface area contributed by atoms with Crippen molar-refractivity contribution in [2.75, 3.05) is 31.5 Å². The first-order chi connectivity index (χ1) is 24.3. The molecule has 252 valence electrons. The fraction of sp³-hybridized carbons (Fsp3) is 0.317. The summed E-state index contributed by atoms with van der Waals surface area (Å²) in [5.74, 6) is 1.92. The summed E-state index contributed by atoms with van der Waals surface area (Å²) in [6, 6.07) is 23.0. The molecule has 9 heteroatoms. The van der Waals surface area contributed by atoms with E-state index in [2.05, 4.69) is 83.3 Å². The second-order valence-corrected chi connectivity index (χ2v) is 14.1. The van der Waals surface area contributed by atoms with E-state index >= 15 is 0 Å².